The summed E-state index contributed by atoms with van der Waals surface area (Å²) in [5.74, 6) is 0. The molecule has 1 saturated carbocycles. The van der Waals surface area contributed by atoms with Gasteiger partial charge in [-0.05, 0) is 0 Å². The van der Waals surface area contributed by atoms with Crippen LogP contribution in [0.25, 0.3) is 0 Å². The van der Waals surface area contributed by atoms with E-state index in [1.165, 1.54) is 0 Å². The molecule has 1 aliphatic rings. The predicted octanol–water partition coefficient (Wildman–Crippen LogP) is -3.59. The van der Waals surface area contributed by atoms with Crippen molar-refractivity contribution in [1.29, 1.82) is 0 Å². The molecule has 5 nitrogen and oxygen atoms in total. The molecule has 0 amide bonds. The normalized spacial score (nSPS) is 52.6. The topological polar surface area (TPSA) is 114 Å². The zero-order valence-corrected chi connectivity index (χ0v) is 6.22. The van der Waals surface area contributed by atoms with E-state index in [4.69, 9.17) is 10.8 Å². The third-order valence-electron chi connectivity index (χ3n) is 2.20. The molecule has 0 heterocycles. The molecule has 0 aliphatic heterocycles. The Bertz CT molecular complexity index is 130. The Kier molecular flexibility index (Phi) is 2.46. The fraction of sp³-hybridized carbons (Fsp3) is 1.00. The lowest BCUT2D eigenvalue weighted by atomic mass is 9.85. The van der Waals surface area contributed by atoms with Crippen molar-refractivity contribution in [3.05, 3.63) is 0 Å². The van der Waals surface area contributed by atoms with Crippen LogP contribution in [0.3, 0.4) is 0 Å². The first-order chi connectivity index (χ1) is 5.04. The average Bonchev–Trinajstić information content (AvgIpc) is 1.97. The summed E-state index contributed by atoms with van der Waals surface area (Å²) in [5.41, 5.74) is 9.07. The minimum atomic E-state index is -1.15. The van der Waals surface area contributed by atoms with Crippen LogP contribution in [0.4, 0.5) is 0 Å². The second kappa shape index (κ2) is 3.04. The largest absolute Gasteiger partial charge is 0.389 e. The van der Waals surface area contributed by atoms with Gasteiger partial charge in [-0.1, -0.05) is 0 Å². The highest BCUT2D eigenvalue weighted by atomic mass is 16.4. The van der Waals surface area contributed by atoms with Gasteiger partial charge < -0.3 is 26.8 Å². The summed E-state index contributed by atoms with van der Waals surface area (Å²) in [6.45, 7) is 0. The van der Waals surface area contributed by atoms with Crippen LogP contribution in [0, 0.1) is 0 Å². The second-order valence-electron chi connectivity index (χ2n) is 3.13. The molecule has 5 unspecified atom stereocenters. The van der Waals surface area contributed by atoms with Crippen LogP contribution in [-0.4, -0.2) is 45.7 Å². The smallest absolute Gasteiger partial charge is 0.134 e. The molecule has 0 aromatic carbocycles. The van der Waals surface area contributed by atoms with E-state index in [1.54, 1.807) is 0 Å². The standard InChI is InChI=1S/C6H14N2O3/c7-2-1-3(8)5(10)6(11)4(2)9/h2-6,9-11H,1,7-8H2/p+1. The lowest BCUT2D eigenvalue weighted by Gasteiger charge is -2.35. The quantitative estimate of drug-likeness (QED) is 0.254. The van der Waals surface area contributed by atoms with Gasteiger partial charge in [0.1, 0.15) is 18.2 Å². The zero-order valence-electron chi connectivity index (χ0n) is 6.22. The van der Waals surface area contributed by atoms with E-state index in [0.29, 0.717) is 6.42 Å². The summed E-state index contributed by atoms with van der Waals surface area (Å²) in [6.07, 6.45) is -2.69. The van der Waals surface area contributed by atoms with Gasteiger partial charge in [0, 0.05) is 12.5 Å². The van der Waals surface area contributed by atoms with Crippen molar-refractivity contribution < 1.29 is 21.1 Å². The molecule has 0 spiro atoms. The minimum absolute atomic E-state index is 0.289. The number of hydrogen-bond acceptors (Lipinski definition) is 4. The van der Waals surface area contributed by atoms with Crippen LogP contribution >= 0.6 is 0 Å². The number of nitrogens with two attached hydrogens (primary N) is 1. The molecular weight excluding hydrogens is 148 g/mol. The highest BCUT2D eigenvalue weighted by Gasteiger charge is 2.41. The summed E-state index contributed by atoms with van der Waals surface area (Å²) in [6, 6.07) is -0.765. The highest BCUT2D eigenvalue weighted by Crippen LogP contribution is 2.16. The van der Waals surface area contributed by atoms with Crippen LogP contribution in [-0.2, 0) is 0 Å². The first-order valence-corrected chi connectivity index (χ1v) is 3.67. The van der Waals surface area contributed by atoms with Gasteiger partial charge >= 0.3 is 0 Å². The fourth-order valence-corrected chi connectivity index (χ4v) is 1.36. The molecule has 8 N–H and O–H groups in total. The first-order valence-electron chi connectivity index (χ1n) is 3.67. The van der Waals surface area contributed by atoms with Crippen LogP contribution in [0.15, 0.2) is 0 Å². The Labute approximate surface area is 64.6 Å². The van der Waals surface area contributed by atoms with E-state index >= 15 is 0 Å². The number of quaternary nitrogens is 1. The van der Waals surface area contributed by atoms with Crippen molar-refractivity contribution >= 4 is 0 Å². The maximum Gasteiger partial charge on any atom is 0.134 e. The molecule has 5 heteroatoms. The molecule has 66 valence electrons. The second-order valence-corrected chi connectivity index (χ2v) is 3.13. The lowest BCUT2D eigenvalue weighted by molar-refractivity contribution is -0.451. The molecule has 0 radical (unpaired) electrons. The number of hydrogen-bond donors (Lipinski definition) is 5. The van der Waals surface area contributed by atoms with E-state index in [1.807, 2.05) is 0 Å². The van der Waals surface area contributed by atoms with Crippen molar-refractivity contribution in [1.82, 2.24) is 0 Å². The van der Waals surface area contributed by atoms with E-state index < -0.39 is 24.4 Å². The molecule has 0 aromatic heterocycles. The molecule has 0 bridgehead atoms. The summed E-state index contributed by atoms with van der Waals surface area (Å²) >= 11 is 0. The SMILES string of the molecule is NC1CC([NH3+])C(O)C(O)C1O. The number of aliphatic hydroxyl groups excluding tert-OH is 3. The Hall–Kier alpha value is -0.200. The van der Waals surface area contributed by atoms with Gasteiger partial charge in [0.25, 0.3) is 0 Å². The van der Waals surface area contributed by atoms with Crippen molar-refractivity contribution in [2.24, 2.45) is 5.73 Å². The first kappa shape index (κ1) is 8.89. The molecule has 1 aliphatic carbocycles. The third kappa shape index (κ3) is 1.52. The van der Waals surface area contributed by atoms with Gasteiger partial charge in [0.15, 0.2) is 0 Å². The molecule has 11 heavy (non-hydrogen) atoms. The Morgan fingerprint density at radius 3 is 2.18 bits per heavy atom. The molecule has 0 aromatic rings. The maximum absolute atomic E-state index is 9.21. The average molecular weight is 163 g/mol. The molecular formula is C6H15N2O3+. The van der Waals surface area contributed by atoms with E-state index in [0.717, 1.165) is 0 Å². The number of aliphatic hydroxyl groups is 3. The van der Waals surface area contributed by atoms with Crippen molar-refractivity contribution in [2.45, 2.75) is 36.8 Å². The minimum Gasteiger partial charge on any atom is -0.389 e. The molecule has 5 atom stereocenters. The lowest BCUT2D eigenvalue weighted by Crippen LogP contribution is -2.75. The van der Waals surface area contributed by atoms with Gasteiger partial charge in [-0.3, -0.25) is 0 Å². The molecule has 1 fully saturated rings. The Morgan fingerprint density at radius 2 is 1.64 bits per heavy atom. The van der Waals surface area contributed by atoms with E-state index in [9.17, 15) is 10.2 Å². The van der Waals surface area contributed by atoms with Gasteiger partial charge in [-0.25, -0.2) is 0 Å². The van der Waals surface area contributed by atoms with E-state index in [2.05, 4.69) is 5.73 Å². The highest BCUT2D eigenvalue weighted by molar-refractivity contribution is 4.93. The van der Waals surface area contributed by atoms with Gasteiger partial charge in [-0.2, -0.15) is 0 Å². The maximum atomic E-state index is 9.21. The zero-order chi connectivity index (χ0) is 8.59. The van der Waals surface area contributed by atoms with Gasteiger partial charge in [0.2, 0.25) is 0 Å². The van der Waals surface area contributed by atoms with Crippen LogP contribution in [0.5, 0.6) is 0 Å². The predicted molar refractivity (Wildman–Crippen MR) is 37.3 cm³/mol. The van der Waals surface area contributed by atoms with Crippen molar-refractivity contribution in [2.75, 3.05) is 0 Å². The monoisotopic (exact) mass is 163 g/mol. The Morgan fingerprint density at radius 1 is 1.09 bits per heavy atom. The summed E-state index contributed by atoms with van der Waals surface area (Å²) in [5, 5.41) is 27.5. The van der Waals surface area contributed by atoms with Crippen molar-refractivity contribution in [3.8, 4) is 0 Å². The summed E-state index contributed by atoms with van der Waals surface area (Å²) in [7, 11) is 0. The van der Waals surface area contributed by atoms with Gasteiger partial charge in [0.05, 0.1) is 6.10 Å². The van der Waals surface area contributed by atoms with Crippen LogP contribution in [0.1, 0.15) is 6.42 Å². The fourth-order valence-electron chi connectivity index (χ4n) is 1.36. The summed E-state index contributed by atoms with van der Waals surface area (Å²) < 4.78 is 0. The summed E-state index contributed by atoms with van der Waals surface area (Å²) in [4.78, 5) is 0. The van der Waals surface area contributed by atoms with Crippen LogP contribution < -0.4 is 11.5 Å². The van der Waals surface area contributed by atoms with Gasteiger partial charge in [-0.15, -0.1) is 0 Å². The van der Waals surface area contributed by atoms with E-state index in [-0.39, 0.29) is 6.04 Å². The van der Waals surface area contributed by atoms with Crippen molar-refractivity contribution in [3.63, 3.8) is 0 Å². The Balaban J connectivity index is 2.63. The number of rotatable bonds is 0. The molecule has 0 saturated heterocycles. The van der Waals surface area contributed by atoms with Crippen LogP contribution in [0.2, 0.25) is 0 Å². The third-order valence-corrected chi connectivity index (χ3v) is 2.20. The molecule has 1 rings (SSSR count).